The number of aromatic nitrogens is 5. The zero-order valence-corrected chi connectivity index (χ0v) is 14.4. The van der Waals surface area contributed by atoms with E-state index in [1.807, 2.05) is 37.9 Å². The van der Waals surface area contributed by atoms with Crippen LogP contribution in [0.4, 0.5) is 5.95 Å². The van der Waals surface area contributed by atoms with Gasteiger partial charge in [0, 0.05) is 19.2 Å². The lowest BCUT2D eigenvalue weighted by atomic mass is 10.2. The number of anilines is 1. The summed E-state index contributed by atoms with van der Waals surface area (Å²) in [5.41, 5.74) is 1.28. The highest BCUT2D eigenvalue weighted by Crippen LogP contribution is 2.31. The van der Waals surface area contributed by atoms with E-state index in [1.165, 1.54) is 0 Å². The van der Waals surface area contributed by atoms with Gasteiger partial charge in [-0.3, -0.25) is 14.3 Å². The maximum absolute atomic E-state index is 12.8. The van der Waals surface area contributed by atoms with E-state index in [9.17, 15) is 4.79 Å². The molecule has 0 saturated carbocycles. The highest BCUT2D eigenvalue weighted by atomic mass is 35.5. The monoisotopic (exact) mass is 344 g/mol. The molecule has 0 radical (unpaired) electrons. The van der Waals surface area contributed by atoms with Crippen LogP contribution in [0.1, 0.15) is 37.3 Å². The van der Waals surface area contributed by atoms with E-state index in [1.54, 1.807) is 21.5 Å². The van der Waals surface area contributed by atoms with Crippen LogP contribution in [-0.2, 0) is 6.54 Å². The number of pyridine rings is 1. The van der Waals surface area contributed by atoms with Crippen LogP contribution in [0.25, 0.3) is 5.52 Å². The highest BCUT2D eigenvalue weighted by molar-refractivity contribution is 6.30. The standard InChI is InChI=1S/C16H17ClN6O/c1-9(2)14-19-7-12-15(24)22-8-13(11-5-4-10(17)6-18-11)21(3)16(22)20-23(12)14/h4-7,9,13H,8H2,1-3H3/t13-/m1/s1. The number of halogens is 1. The number of rotatable bonds is 2. The van der Waals surface area contributed by atoms with Crippen LogP contribution in [0.2, 0.25) is 5.02 Å². The molecule has 3 aromatic heterocycles. The van der Waals surface area contributed by atoms with Crippen LogP contribution in [0.15, 0.2) is 29.3 Å². The largest absolute Gasteiger partial charge is 0.334 e. The molecule has 0 aromatic carbocycles. The minimum atomic E-state index is -0.0808. The molecule has 0 fully saturated rings. The summed E-state index contributed by atoms with van der Waals surface area (Å²) in [5.74, 6) is 1.59. The van der Waals surface area contributed by atoms with E-state index in [2.05, 4.69) is 15.1 Å². The molecule has 0 aliphatic carbocycles. The maximum Gasteiger partial charge on any atom is 0.281 e. The van der Waals surface area contributed by atoms with E-state index in [4.69, 9.17) is 11.6 Å². The first-order chi connectivity index (χ1) is 11.5. The van der Waals surface area contributed by atoms with E-state index < -0.39 is 0 Å². The molecule has 3 aromatic rings. The molecule has 24 heavy (non-hydrogen) atoms. The van der Waals surface area contributed by atoms with Crippen LogP contribution >= 0.6 is 11.6 Å². The molecule has 7 nitrogen and oxygen atoms in total. The number of fused-ring (bicyclic) bond motifs is 2. The smallest absolute Gasteiger partial charge is 0.281 e. The number of hydrogen-bond acceptors (Lipinski definition) is 5. The van der Waals surface area contributed by atoms with Crippen LogP contribution in [-0.4, -0.2) is 31.2 Å². The summed E-state index contributed by atoms with van der Waals surface area (Å²) >= 11 is 5.92. The second kappa shape index (κ2) is 5.31. The molecule has 0 spiro atoms. The zero-order chi connectivity index (χ0) is 17.0. The molecule has 1 atom stereocenters. The van der Waals surface area contributed by atoms with Crippen molar-refractivity contribution in [2.45, 2.75) is 32.4 Å². The molecule has 4 heterocycles. The summed E-state index contributed by atoms with van der Waals surface area (Å²) in [6.07, 6.45) is 3.22. The normalized spacial score (nSPS) is 17.0. The van der Waals surface area contributed by atoms with Crippen molar-refractivity contribution >= 4 is 23.1 Å². The van der Waals surface area contributed by atoms with Gasteiger partial charge in [-0.05, 0) is 12.1 Å². The fraction of sp³-hybridized carbons (Fsp3) is 0.375. The zero-order valence-electron chi connectivity index (χ0n) is 13.6. The van der Waals surface area contributed by atoms with E-state index in [0.29, 0.717) is 23.0 Å². The Balaban J connectivity index is 1.85. The van der Waals surface area contributed by atoms with Gasteiger partial charge >= 0.3 is 0 Å². The molecule has 0 saturated heterocycles. The Kier molecular flexibility index (Phi) is 3.35. The van der Waals surface area contributed by atoms with Gasteiger partial charge in [0.05, 0.1) is 29.5 Å². The number of nitrogens with zero attached hydrogens (tertiary/aromatic N) is 6. The van der Waals surface area contributed by atoms with E-state index in [-0.39, 0.29) is 17.5 Å². The quantitative estimate of drug-likeness (QED) is 0.713. The Morgan fingerprint density at radius 2 is 2.04 bits per heavy atom. The van der Waals surface area contributed by atoms with Gasteiger partial charge in [-0.25, -0.2) is 9.50 Å². The van der Waals surface area contributed by atoms with Crippen molar-refractivity contribution < 1.29 is 0 Å². The minimum absolute atomic E-state index is 0.0509. The Morgan fingerprint density at radius 3 is 2.71 bits per heavy atom. The SMILES string of the molecule is CC(C)c1ncc2c(=O)n3c(nn12)N(C)[C@@H](c1ccc(Cl)cn1)C3. The first-order valence-electron chi connectivity index (χ1n) is 7.80. The fourth-order valence-electron chi connectivity index (χ4n) is 3.11. The number of imidazole rings is 1. The average Bonchev–Trinajstić information content (AvgIpc) is 3.12. The molecule has 124 valence electrons. The van der Waals surface area contributed by atoms with Crippen LogP contribution in [0.5, 0.6) is 0 Å². The molecule has 8 heteroatoms. The summed E-state index contributed by atoms with van der Waals surface area (Å²) in [6.45, 7) is 4.57. The lowest BCUT2D eigenvalue weighted by Gasteiger charge is -2.19. The van der Waals surface area contributed by atoms with Gasteiger partial charge in [-0.1, -0.05) is 25.4 Å². The van der Waals surface area contributed by atoms with Gasteiger partial charge in [0.25, 0.3) is 5.56 Å². The van der Waals surface area contributed by atoms with Crippen molar-refractivity contribution in [3.8, 4) is 0 Å². The molecule has 4 rings (SSSR count). The van der Waals surface area contributed by atoms with E-state index in [0.717, 1.165) is 11.5 Å². The van der Waals surface area contributed by atoms with Gasteiger partial charge in [0.2, 0.25) is 5.95 Å². The maximum atomic E-state index is 12.8. The third-order valence-corrected chi connectivity index (χ3v) is 4.63. The third kappa shape index (κ3) is 2.11. The lowest BCUT2D eigenvalue weighted by Crippen LogP contribution is -2.24. The Morgan fingerprint density at radius 1 is 1.25 bits per heavy atom. The molecular formula is C16H17ClN6O. The molecular weight excluding hydrogens is 328 g/mol. The van der Waals surface area contributed by atoms with Crippen molar-refractivity contribution in [1.82, 2.24) is 24.1 Å². The fourth-order valence-corrected chi connectivity index (χ4v) is 3.23. The summed E-state index contributed by atoms with van der Waals surface area (Å²) < 4.78 is 3.34. The average molecular weight is 345 g/mol. The van der Waals surface area contributed by atoms with Gasteiger partial charge < -0.3 is 4.90 Å². The molecule has 0 unspecified atom stereocenters. The molecule has 0 N–H and O–H groups in total. The van der Waals surface area contributed by atoms with Crippen molar-refractivity contribution in [1.29, 1.82) is 0 Å². The summed E-state index contributed by atoms with van der Waals surface area (Å²) in [5, 5.41) is 5.25. The van der Waals surface area contributed by atoms with Gasteiger partial charge in [-0.2, -0.15) is 0 Å². The van der Waals surface area contributed by atoms with Gasteiger partial charge in [0.1, 0.15) is 5.82 Å². The Bertz CT molecular complexity index is 975. The second-order valence-corrected chi connectivity index (χ2v) is 6.75. The number of likely N-dealkylation sites (N-methyl/N-ethyl adjacent to an activating group) is 1. The van der Waals surface area contributed by atoms with Crippen molar-refractivity contribution in [3.63, 3.8) is 0 Å². The highest BCUT2D eigenvalue weighted by Gasteiger charge is 2.32. The molecule has 0 amide bonds. The molecule has 0 bridgehead atoms. The predicted molar refractivity (Wildman–Crippen MR) is 91.7 cm³/mol. The van der Waals surface area contributed by atoms with Crippen LogP contribution < -0.4 is 10.5 Å². The second-order valence-electron chi connectivity index (χ2n) is 6.31. The Labute approximate surface area is 143 Å². The van der Waals surface area contributed by atoms with Gasteiger partial charge in [0.15, 0.2) is 5.52 Å². The summed E-state index contributed by atoms with van der Waals surface area (Å²) in [7, 11) is 1.92. The van der Waals surface area contributed by atoms with Gasteiger partial charge in [-0.15, -0.1) is 5.10 Å². The summed E-state index contributed by atoms with van der Waals surface area (Å²) in [6, 6.07) is 3.64. The first-order valence-corrected chi connectivity index (χ1v) is 8.18. The van der Waals surface area contributed by atoms with Crippen LogP contribution in [0.3, 0.4) is 0 Å². The first kappa shape index (κ1) is 15.1. The molecule has 1 aliphatic heterocycles. The van der Waals surface area contributed by atoms with Crippen molar-refractivity contribution in [2.24, 2.45) is 0 Å². The van der Waals surface area contributed by atoms with Crippen LogP contribution in [0, 0.1) is 0 Å². The third-order valence-electron chi connectivity index (χ3n) is 4.41. The number of hydrogen-bond donors (Lipinski definition) is 0. The summed E-state index contributed by atoms with van der Waals surface area (Å²) in [4.78, 5) is 23.5. The van der Waals surface area contributed by atoms with Crippen molar-refractivity contribution in [2.75, 3.05) is 11.9 Å². The van der Waals surface area contributed by atoms with Crippen molar-refractivity contribution in [3.05, 3.63) is 51.4 Å². The lowest BCUT2D eigenvalue weighted by molar-refractivity contribution is 0.613. The van der Waals surface area contributed by atoms with E-state index >= 15 is 0 Å². The topological polar surface area (TPSA) is 68.3 Å². The Hall–Kier alpha value is -2.41. The predicted octanol–water partition coefficient (Wildman–Crippen LogP) is 2.25. The minimum Gasteiger partial charge on any atom is -0.334 e. The molecule has 1 aliphatic rings.